The molecule has 2 saturated heterocycles. The molecule has 3 nitrogen and oxygen atoms in total. The first-order chi connectivity index (χ1) is 10.1. The Morgan fingerprint density at radius 1 is 1.29 bits per heavy atom. The van der Waals surface area contributed by atoms with Crippen LogP contribution in [0.25, 0.3) is 0 Å². The zero-order valence-electron chi connectivity index (χ0n) is 12.9. The lowest BCUT2D eigenvalue weighted by molar-refractivity contribution is 0.0305. The molecule has 0 amide bonds. The Morgan fingerprint density at radius 2 is 2.00 bits per heavy atom. The number of nitrogens with one attached hydrogen (secondary N) is 1. The van der Waals surface area contributed by atoms with E-state index in [9.17, 15) is 0 Å². The van der Waals surface area contributed by atoms with Gasteiger partial charge in [0, 0.05) is 29.8 Å². The van der Waals surface area contributed by atoms with Crippen molar-refractivity contribution < 1.29 is 4.74 Å². The van der Waals surface area contributed by atoms with E-state index in [-0.39, 0.29) is 0 Å². The average Bonchev–Trinajstić information content (AvgIpc) is 2.79. The third-order valence-corrected chi connectivity index (χ3v) is 5.05. The lowest BCUT2D eigenvalue weighted by atomic mass is 10.1. The molecule has 2 heterocycles. The van der Waals surface area contributed by atoms with Crippen molar-refractivity contribution in [2.24, 2.45) is 5.92 Å². The van der Waals surface area contributed by atoms with E-state index in [0.29, 0.717) is 18.1 Å². The first-order valence-electron chi connectivity index (χ1n) is 8.01. The van der Waals surface area contributed by atoms with Crippen LogP contribution < -0.4 is 10.2 Å². The molecule has 2 aliphatic heterocycles. The number of benzene rings is 1. The highest BCUT2D eigenvalue weighted by molar-refractivity contribution is 9.10. The van der Waals surface area contributed by atoms with Gasteiger partial charge in [0.1, 0.15) is 0 Å². The molecule has 4 heteroatoms. The molecule has 2 aliphatic rings. The summed E-state index contributed by atoms with van der Waals surface area (Å²) in [6.45, 7) is 8.52. The summed E-state index contributed by atoms with van der Waals surface area (Å²) < 4.78 is 7.12. The van der Waals surface area contributed by atoms with Gasteiger partial charge in [-0.15, -0.1) is 0 Å². The van der Waals surface area contributed by atoms with E-state index in [2.05, 4.69) is 58.2 Å². The second-order valence-electron chi connectivity index (χ2n) is 6.66. The Bertz CT molecular complexity index is 480. The van der Waals surface area contributed by atoms with Crippen LogP contribution in [0.4, 0.5) is 5.69 Å². The van der Waals surface area contributed by atoms with Gasteiger partial charge in [0.15, 0.2) is 0 Å². The molecule has 2 atom stereocenters. The lowest BCUT2D eigenvalue weighted by Gasteiger charge is -2.34. The Morgan fingerprint density at radius 3 is 2.62 bits per heavy atom. The second-order valence-corrected chi connectivity index (χ2v) is 7.52. The Kier molecular flexibility index (Phi) is 4.87. The molecule has 0 saturated carbocycles. The molecule has 0 radical (unpaired) electrons. The number of hydrogen-bond acceptors (Lipinski definition) is 3. The normalized spacial score (nSPS) is 24.9. The molecule has 1 N–H and O–H groups in total. The number of nitrogens with zero attached hydrogens (tertiary/aromatic N) is 1. The van der Waals surface area contributed by atoms with Crippen molar-refractivity contribution in [1.82, 2.24) is 5.32 Å². The van der Waals surface area contributed by atoms with Crippen LogP contribution in [0.15, 0.2) is 22.7 Å². The molecule has 1 aromatic carbocycles. The molecule has 116 valence electrons. The number of fused-ring (bicyclic) bond motifs is 2. The van der Waals surface area contributed by atoms with Gasteiger partial charge in [-0.05, 0) is 43.0 Å². The first-order valence-corrected chi connectivity index (χ1v) is 8.80. The predicted molar refractivity (Wildman–Crippen MR) is 90.8 cm³/mol. The highest BCUT2D eigenvalue weighted by Crippen LogP contribution is 2.31. The van der Waals surface area contributed by atoms with Crippen molar-refractivity contribution in [3.8, 4) is 0 Å². The number of rotatable bonds is 5. The third-order valence-electron chi connectivity index (χ3n) is 4.31. The molecular formula is C17H25BrN2O. The zero-order chi connectivity index (χ0) is 14.8. The minimum absolute atomic E-state index is 0.440. The van der Waals surface area contributed by atoms with Crippen LogP contribution in [0.1, 0.15) is 32.3 Å². The van der Waals surface area contributed by atoms with Crippen LogP contribution in [0.3, 0.4) is 0 Å². The van der Waals surface area contributed by atoms with Gasteiger partial charge in [0.25, 0.3) is 0 Å². The van der Waals surface area contributed by atoms with Crippen molar-refractivity contribution in [1.29, 1.82) is 0 Å². The van der Waals surface area contributed by atoms with Gasteiger partial charge >= 0.3 is 0 Å². The van der Waals surface area contributed by atoms with Gasteiger partial charge in [0.05, 0.1) is 12.2 Å². The summed E-state index contributed by atoms with van der Waals surface area (Å²) in [6, 6.07) is 6.75. The second kappa shape index (κ2) is 6.67. The third kappa shape index (κ3) is 3.79. The maximum Gasteiger partial charge on any atom is 0.0755 e. The first kappa shape index (κ1) is 15.3. The zero-order valence-corrected chi connectivity index (χ0v) is 14.5. The smallest absolute Gasteiger partial charge is 0.0755 e. The van der Waals surface area contributed by atoms with Crippen molar-refractivity contribution in [2.75, 3.05) is 24.5 Å². The van der Waals surface area contributed by atoms with Gasteiger partial charge in [-0.1, -0.05) is 35.8 Å². The highest BCUT2D eigenvalue weighted by Gasteiger charge is 2.33. The van der Waals surface area contributed by atoms with E-state index >= 15 is 0 Å². The van der Waals surface area contributed by atoms with Gasteiger partial charge in [-0.3, -0.25) is 0 Å². The SMILES string of the molecule is CC(C)CNCc1ccc(N2CC3CCC(C2)O3)cc1Br. The maximum absolute atomic E-state index is 5.92. The average molecular weight is 353 g/mol. The van der Waals surface area contributed by atoms with E-state index in [0.717, 1.165) is 26.2 Å². The van der Waals surface area contributed by atoms with Crippen molar-refractivity contribution in [2.45, 2.75) is 45.4 Å². The number of hydrogen-bond donors (Lipinski definition) is 1. The summed E-state index contributed by atoms with van der Waals surface area (Å²) in [5.74, 6) is 0.687. The van der Waals surface area contributed by atoms with E-state index < -0.39 is 0 Å². The number of halogens is 1. The minimum atomic E-state index is 0.440. The quantitative estimate of drug-likeness (QED) is 0.876. The van der Waals surface area contributed by atoms with E-state index in [1.165, 1.54) is 28.6 Å². The highest BCUT2D eigenvalue weighted by atomic mass is 79.9. The fraction of sp³-hybridized carbons (Fsp3) is 0.647. The molecule has 2 unspecified atom stereocenters. The largest absolute Gasteiger partial charge is 0.371 e. The van der Waals surface area contributed by atoms with E-state index in [4.69, 9.17) is 4.74 Å². The van der Waals surface area contributed by atoms with Crippen LogP contribution in [-0.4, -0.2) is 31.8 Å². The van der Waals surface area contributed by atoms with Crippen LogP contribution >= 0.6 is 15.9 Å². The lowest BCUT2D eigenvalue weighted by Crippen LogP contribution is -2.42. The summed E-state index contributed by atoms with van der Waals surface area (Å²) in [5, 5.41) is 3.50. The van der Waals surface area contributed by atoms with Crippen LogP contribution in [-0.2, 0) is 11.3 Å². The van der Waals surface area contributed by atoms with Gasteiger partial charge in [-0.25, -0.2) is 0 Å². The molecule has 1 aromatic rings. The predicted octanol–water partition coefficient (Wildman–Crippen LogP) is 3.56. The summed E-state index contributed by atoms with van der Waals surface area (Å²) >= 11 is 3.73. The van der Waals surface area contributed by atoms with Crippen molar-refractivity contribution in [3.05, 3.63) is 28.2 Å². The fourth-order valence-corrected chi connectivity index (χ4v) is 3.70. The summed E-state index contributed by atoms with van der Waals surface area (Å²) in [6.07, 6.45) is 3.32. The van der Waals surface area contributed by atoms with Gasteiger partial charge < -0.3 is 15.0 Å². The summed E-state index contributed by atoms with van der Waals surface area (Å²) in [7, 11) is 0. The summed E-state index contributed by atoms with van der Waals surface area (Å²) in [4.78, 5) is 2.47. The number of morpholine rings is 1. The van der Waals surface area contributed by atoms with Crippen molar-refractivity contribution >= 4 is 21.6 Å². The molecule has 2 fully saturated rings. The van der Waals surface area contributed by atoms with Crippen LogP contribution in [0.2, 0.25) is 0 Å². The Balaban J connectivity index is 1.63. The molecule has 21 heavy (non-hydrogen) atoms. The Hall–Kier alpha value is -0.580. The maximum atomic E-state index is 5.92. The monoisotopic (exact) mass is 352 g/mol. The van der Waals surface area contributed by atoms with Crippen LogP contribution in [0.5, 0.6) is 0 Å². The fourth-order valence-electron chi connectivity index (χ4n) is 3.20. The van der Waals surface area contributed by atoms with Gasteiger partial charge in [0.2, 0.25) is 0 Å². The molecule has 0 spiro atoms. The molecule has 2 bridgehead atoms. The van der Waals surface area contributed by atoms with Crippen LogP contribution in [0, 0.1) is 5.92 Å². The topological polar surface area (TPSA) is 24.5 Å². The van der Waals surface area contributed by atoms with E-state index in [1.807, 2.05) is 0 Å². The van der Waals surface area contributed by atoms with Gasteiger partial charge in [-0.2, -0.15) is 0 Å². The van der Waals surface area contributed by atoms with Crippen molar-refractivity contribution in [3.63, 3.8) is 0 Å². The molecule has 0 aromatic heterocycles. The van der Waals surface area contributed by atoms with E-state index in [1.54, 1.807) is 0 Å². The molecule has 0 aliphatic carbocycles. The number of ether oxygens (including phenoxy) is 1. The molecular weight excluding hydrogens is 328 g/mol. The Labute approximate surface area is 136 Å². The minimum Gasteiger partial charge on any atom is -0.371 e. The molecule has 3 rings (SSSR count). The number of anilines is 1. The standard InChI is InChI=1S/C17H25BrN2O/c1-12(2)8-19-9-13-3-4-14(7-17(13)18)20-10-15-5-6-16(11-20)21-15/h3-4,7,12,15-16,19H,5-6,8-11H2,1-2H3. The summed E-state index contributed by atoms with van der Waals surface area (Å²) in [5.41, 5.74) is 2.64.